The second-order valence-corrected chi connectivity index (χ2v) is 11.3. The van der Waals surface area contributed by atoms with Crippen LogP contribution in [0.25, 0.3) is 0 Å². The fraction of sp³-hybridized carbons (Fsp3) is 0.400. The molecule has 3 heterocycles. The van der Waals surface area contributed by atoms with Crippen LogP contribution in [-0.4, -0.2) is 44.6 Å². The highest BCUT2D eigenvalue weighted by Crippen LogP contribution is 2.41. The molecule has 2 aliphatic rings. The average Bonchev–Trinajstić information content (AvgIpc) is 3.53. The number of halogens is 1. The van der Waals surface area contributed by atoms with Gasteiger partial charge in [0, 0.05) is 42.9 Å². The summed E-state index contributed by atoms with van der Waals surface area (Å²) in [4.78, 5) is 32.4. The molecule has 2 atom stereocenters. The molecule has 0 spiro atoms. The molecule has 1 saturated heterocycles. The zero-order chi connectivity index (χ0) is 26.9. The van der Waals surface area contributed by atoms with Crippen LogP contribution < -0.4 is 5.32 Å². The molecule has 1 aromatic carbocycles. The largest absolute Gasteiger partial charge is 0.342 e. The first-order valence-electron chi connectivity index (χ1n) is 13.1. The lowest BCUT2D eigenvalue weighted by atomic mass is 9.80. The number of carbonyl (C=O) groups excluding carboxylic acids is 2. The molecule has 38 heavy (non-hydrogen) atoms. The van der Waals surface area contributed by atoms with Crippen molar-refractivity contribution in [3.8, 4) is 11.8 Å². The molecular weight excluding hydrogens is 498 g/mol. The molecule has 2 aromatic heterocycles. The summed E-state index contributed by atoms with van der Waals surface area (Å²) in [6, 6.07) is 11.6. The molecular formula is C30H32ClN5O2. The van der Waals surface area contributed by atoms with Gasteiger partial charge in [-0.2, -0.15) is 5.10 Å². The molecule has 3 aromatic rings. The Hall–Kier alpha value is -3.63. The first kappa shape index (κ1) is 26.0. The van der Waals surface area contributed by atoms with E-state index in [4.69, 9.17) is 11.6 Å². The lowest BCUT2D eigenvalue weighted by molar-refractivity contribution is -0.135. The highest BCUT2D eigenvalue weighted by atomic mass is 35.5. The van der Waals surface area contributed by atoms with Gasteiger partial charge in [0.15, 0.2) is 0 Å². The maximum atomic E-state index is 13.3. The van der Waals surface area contributed by atoms with Crippen molar-refractivity contribution in [1.29, 1.82) is 0 Å². The maximum absolute atomic E-state index is 13.3. The fourth-order valence-corrected chi connectivity index (χ4v) is 5.23. The molecule has 2 unspecified atom stereocenters. The predicted molar refractivity (Wildman–Crippen MR) is 148 cm³/mol. The lowest BCUT2D eigenvalue weighted by Gasteiger charge is -2.39. The van der Waals surface area contributed by atoms with Crippen LogP contribution >= 0.6 is 11.6 Å². The minimum atomic E-state index is -0.356. The zero-order valence-electron chi connectivity index (χ0n) is 22.0. The monoisotopic (exact) mass is 529 g/mol. The van der Waals surface area contributed by atoms with Crippen LogP contribution in [0.4, 0.5) is 5.82 Å². The standard InChI is InChI=1S/C30H32ClN5O2/c1-20-16-24(20)29(38)35-13-11-30(3,12-14-35)19-36-26(25(31)18-33-36)28(37)34-27-21(2)15-23(17-32-27)10-9-22-7-5-4-6-8-22/h4-8,15,17-18,20,24H,11-14,16,19H2,1-3H3,(H,32,34,37). The Morgan fingerprint density at radius 1 is 1.13 bits per heavy atom. The van der Waals surface area contributed by atoms with Crippen molar-refractivity contribution in [2.24, 2.45) is 17.3 Å². The minimum Gasteiger partial charge on any atom is -0.342 e. The molecule has 1 aliphatic carbocycles. The number of likely N-dealkylation sites (tertiary alicyclic amines) is 1. The molecule has 2 fully saturated rings. The Kier molecular flexibility index (Phi) is 7.27. The van der Waals surface area contributed by atoms with E-state index in [1.807, 2.05) is 48.2 Å². The van der Waals surface area contributed by atoms with E-state index in [1.165, 1.54) is 6.20 Å². The number of nitrogens with one attached hydrogen (secondary N) is 1. The van der Waals surface area contributed by atoms with Crippen LogP contribution in [0, 0.1) is 36.0 Å². The van der Waals surface area contributed by atoms with Crippen LogP contribution in [0.2, 0.25) is 5.02 Å². The quantitative estimate of drug-likeness (QED) is 0.462. The number of rotatable bonds is 5. The number of anilines is 1. The van der Waals surface area contributed by atoms with Gasteiger partial charge in [-0.05, 0) is 61.3 Å². The molecule has 1 aliphatic heterocycles. The van der Waals surface area contributed by atoms with Gasteiger partial charge in [0.2, 0.25) is 5.91 Å². The van der Waals surface area contributed by atoms with Crippen LogP contribution in [0.1, 0.15) is 60.3 Å². The van der Waals surface area contributed by atoms with E-state index in [-0.39, 0.29) is 17.2 Å². The number of hydrogen-bond donors (Lipinski definition) is 1. The normalized spacial score (nSPS) is 19.8. The summed E-state index contributed by atoms with van der Waals surface area (Å²) in [6.45, 7) is 8.22. The van der Waals surface area contributed by atoms with E-state index in [1.54, 1.807) is 10.9 Å². The van der Waals surface area contributed by atoms with Gasteiger partial charge in [0.05, 0.1) is 11.2 Å². The summed E-state index contributed by atoms with van der Waals surface area (Å²) in [7, 11) is 0. The molecule has 0 radical (unpaired) electrons. The third-order valence-electron chi connectivity index (χ3n) is 7.69. The number of nitrogens with zero attached hydrogens (tertiary/aromatic N) is 4. The SMILES string of the molecule is Cc1cc(C#Cc2ccccc2)cnc1NC(=O)c1c(Cl)cnn1CC1(C)CCN(C(=O)C2CC2C)CC1. The summed E-state index contributed by atoms with van der Waals surface area (Å²) in [5, 5.41) is 7.60. The van der Waals surface area contributed by atoms with Gasteiger partial charge >= 0.3 is 0 Å². The van der Waals surface area contributed by atoms with E-state index in [9.17, 15) is 9.59 Å². The number of aromatic nitrogens is 3. The number of carbonyl (C=O) groups is 2. The summed E-state index contributed by atoms with van der Waals surface area (Å²) in [6.07, 6.45) is 5.87. The van der Waals surface area contributed by atoms with E-state index < -0.39 is 0 Å². The van der Waals surface area contributed by atoms with Crippen molar-refractivity contribution in [2.45, 2.75) is 46.6 Å². The maximum Gasteiger partial charge on any atom is 0.276 e. The topological polar surface area (TPSA) is 80.1 Å². The molecule has 196 valence electrons. The number of amides is 2. The molecule has 7 nitrogen and oxygen atoms in total. The summed E-state index contributed by atoms with van der Waals surface area (Å²) in [5.74, 6) is 7.35. The summed E-state index contributed by atoms with van der Waals surface area (Å²) >= 11 is 6.42. The van der Waals surface area contributed by atoms with Crippen molar-refractivity contribution in [3.05, 3.63) is 76.2 Å². The van der Waals surface area contributed by atoms with Crippen molar-refractivity contribution < 1.29 is 9.59 Å². The van der Waals surface area contributed by atoms with Gasteiger partial charge in [-0.25, -0.2) is 4.98 Å². The summed E-state index contributed by atoms with van der Waals surface area (Å²) in [5.41, 5.74) is 2.71. The highest BCUT2D eigenvalue weighted by Gasteiger charge is 2.43. The van der Waals surface area contributed by atoms with Gasteiger partial charge in [0.25, 0.3) is 5.91 Å². The lowest BCUT2D eigenvalue weighted by Crippen LogP contribution is -2.44. The zero-order valence-corrected chi connectivity index (χ0v) is 22.8. The Bertz CT molecular complexity index is 1410. The fourth-order valence-electron chi connectivity index (χ4n) is 5.00. The Morgan fingerprint density at radius 3 is 2.47 bits per heavy atom. The van der Waals surface area contributed by atoms with Gasteiger partial charge < -0.3 is 10.2 Å². The van der Waals surface area contributed by atoms with E-state index in [0.717, 1.165) is 49.0 Å². The van der Waals surface area contributed by atoms with Crippen molar-refractivity contribution in [1.82, 2.24) is 19.7 Å². The third-order valence-corrected chi connectivity index (χ3v) is 7.96. The van der Waals surface area contributed by atoms with E-state index in [2.05, 4.69) is 41.1 Å². The number of hydrogen-bond acceptors (Lipinski definition) is 4. The molecule has 8 heteroatoms. The Morgan fingerprint density at radius 2 is 1.82 bits per heavy atom. The second-order valence-electron chi connectivity index (χ2n) is 10.9. The van der Waals surface area contributed by atoms with Crippen LogP contribution in [0.5, 0.6) is 0 Å². The smallest absolute Gasteiger partial charge is 0.276 e. The Balaban J connectivity index is 1.24. The number of pyridine rings is 1. The van der Waals surface area contributed by atoms with E-state index >= 15 is 0 Å². The number of benzene rings is 1. The molecule has 2 amide bonds. The highest BCUT2D eigenvalue weighted by molar-refractivity contribution is 6.34. The summed E-state index contributed by atoms with van der Waals surface area (Å²) < 4.78 is 1.69. The third kappa shape index (κ3) is 5.76. The van der Waals surface area contributed by atoms with Gasteiger partial charge in [-0.3, -0.25) is 14.3 Å². The Labute approximate surface area is 228 Å². The van der Waals surface area contributed by atoms with Gasteiger partial charge in [-0.15, -0.1) is 0 Å². The molecule has 1 N–H and O–H groups in total. The van der Waals surface area contributed by atoms with Crippen molar-refractivity contribution >= 4 is 29.2 Å². The van der Waals surface area contributed by atoms with E-state index in [0.29, 0.717) is 34.9 Å². The van der Waals surface area contributed by atoms with Crippen molar-refractivity contribution in [2.75, 3.05) is 18.4 Å². The molecule has 1 saturated carbocycles. The molecule has 5 rings (SSSR count). The number of aryl methyl sites for hydroxylation is 1. The first-order chi connectivity index (χ1) is 18.2. The predicted octanol–water partition coefficient (Wildman–Crippen LogP) is 5.18. The first-order valence-corrected chi connectivity index (χ1v) is 13.5. The second kappa shape index (κ2) is 10.6. The average molecular weight is 530 g/mol. The molecule has 0 bridgehead atoms. The van der Waals surface area contributed by atoms with Crippen LogP contribution in [0.3, 0.4) is 0 Å². The van der Waals surface area contributed by atoms with Crippen molar-refractivity contribution in [3.63, 3.8) is 0 Å². The minimum absolute atomic E-state index is 0.0937. The van der Waals surface area contributed by atoms with Gasteiger partial charge in [0.1, 0.15) is 11.5 Å². The van der Waals surface area contributed by atoms with Crippen LogP contribution in [-0.2, 0) is 11.3 Å². The number of piperidine rings is 1. The van der Waals surface area contributed by atoms with Crippen LogP contribution in [0.15, 0.2) is 48.8 Å². The van der Waals surface area contributed by atoms with Gasteiger partial charge in [-0.1, -0.05) is 55.5 Å².